The molecule has 0 aliphatic heterocycles. The Morgan fingerprint density at radius 1 is 1.18 bits per heavy atom. The first-order valence-corrected chi connectivity index (χ1v) is 7.09. The van der Waals surface area contributed by atoms with Gasteiger partial charge in [0.25, 0.3) is 0 Å². The highest BCUT2D eigenvalue weighted by Crippen LogP contribution is 2.26. The SMILES string of the molecule is COc1ccccc1OC(F)F.O=S(=O)(Cl)Cl. The highest BCUT2D eigenvalue weighted by Gasteiger charge is 2.08. The maximum atomic E-state index is 11.8. The van der Waals surface area contributed by atoms with Crippen molar-refractivity contribution in [2.24, 2.45) is 0 Å². The van der Waals surface area contributed by atoms with E-state index in [0.717, 1.165) is 0 Å². The monoisotopic (exact) mass is 308 g/mol. The molecule has 0 saturated carbocycles. The molecule has 0 aliphatic rings. The Morgan fingerprint density at radius 3 is 1.94 bits per heavy atom. The van der Waals surface area contributed by atoms with E-state index in [0.29, 0.717) is 5.75 Å². The van der Waals surface area contributed by atoms with E-state index in [9.17, 15) is 8.78 Å². The summed E-state index contributed by atoms with van der Waals surface area (Å²) in [7, 11) is 6.21. The van der Waals surface area contributed by atoms with Crippen molar-refractivity contribution in [1.29, 1.82) is 0 Å². The van der Waals surface area contributed by atoms with E-state index in [1.165, 1.54) is 13.2 Å². The van der Waals surface area contributed by atoms with Crippen molar-refractivity contribution in [3.05, 3.63) is 24.3 Å². The number of halogens is 4. The molecule has 0 saturated heterocycles. The van der Waals surface area contributed by atoms with Crippen molar-refractivity contribution in [1.82, 2.24) is 0 Å². The van der Waals surface area contributed by atoms with Gasteiger partial charge in [0.15, 0.2) is 11.5 Å². The molecular formula is C8H8Cl2F2O4S. The molecule has 0 aliphatic carbocycles. The molecule has 4 nitrogen and oxygen atoms in total. The van der Waals surface area contributed by atoms with Gasteiger partial charge in [-0.05, 0) is 12.1 Å². The van der Waals surface area contributed by atoms with Gasteiger partial charge < -0.3 is 9.47 Å². The molecule has 0 fully saturated rings. The maximum absolute atomic E-state index is 11.8. The van der Waals surface area contributed by atoms with Gasteiger partial charge in [0.2, 0.25) is 0 Å². The van der Waals surface area contributed by atoms with Gasteiger partial charge in [-0.15, -0.1) is 0 Å². The lowest BCUT2D eigenvalue weighted by Gasteiger charge is -2.08. The minimum Gasteiger partial charge on any atom is -0.493 e. The quantitative estimate of drug-likeness (QED) is 0.805. The summed E-state index contributed by atoms with van der Waals surface area (Å²) in [5, 5.41) is 0. The van der Waals surface area contributed by atoms with Gasteiger partial charge in [-0.1, -0.05) is 12.1 Å². The Hall–Kier alpha value is -0.790. The van der Waals surface area contributed by atoms with Crippen LogP contribution in [0.3, 0.4) is 0 Å². The summed E-state index contributed by atoms with van der Waals surface area (Å²) in [6.45, 7) is -2.82. The minimum atomic E-state index is -3.72. The molecule has 0 unspecified atom stereocenters. The number of alkyl halides is 2. The Bertz CT molecular complexity index is 431. The third kappa shape index (κ3) is 10.1. The first kappa shape index (κ1) is 16.2. The van der Waals surface area contributed by atoms with E-state index < -0.39 is 14.9 Å². The summed E-state index contributed by atoms with van der Waals surface area (Å²) in [5.74, 6) is 0.354. The van der Waals surface area contributed by atoms with Gasteiger partial charge in [0.05, 0.1) is 7.11 Å². The molecule has 1 aromatic rings. The molecule has 0 heterocycles. The predicted molar refractivity (Wildman–Crippen MR) is 60.3 cm³/mol. The number of ether oxygens (including phenoxy) is 2. The van der Waals surface area contributed by atoms with E-state index >= 15 is 0 Å². The maximum Gasteiger partial charge on any atom is 0.387 e. The lowest BCUT2D eigenvalue weighted by Crippen LogP contribution is -2.03. The second-order valence-electron chi connectivity index (χ2n) is 2.41. The van der Waals surface area contributed by atoms with Gasteiger partial charge in [-0.25, -0.2) is 0 Å². The van der Waals surface area contributed by atoms with Crippen LogP contribution in [0.4, 0.5) is 8.78 Å². The zero-order valence-corrected chi connectivity index (χ0v) is 10.8. The van der Waals surface area contributed by atoms with E-state index in [2.05, 4.69) is 26.1 Å². The van der Waals surface area contributed by atoms with Gasteiger partial charge in [-0.2, -0.15) is 17.2 Å². The molecule has 0 bridgehead atoms. The van der Waals surface area contributed by atoms with Crippen molar-refractivity contribution in [3.8, 4) is 11.5 Å². The van der Waals surface area contributed by atoms with Crippen molar-refractivity contribution >= 4 is 29.6 Å². The number of methoxy groups -OCH3 is 1. The zero-order valence-electron chi connectivity index (χ0n) is 8.44. The van der Waals surface area contributed by atoms with Crippen LogP contribution in [-0.2, 0) is 8.26 Å². The van der Waals surface area contributed by atoms with Crippen molar-refractivity contribution < 1.29 is 26.7 Å². The van der Waals surface area contributed by atoms with Crippen LogP contribution in [0.15, 0.2) is 24.3 Å². The third-order valence-corrected chi connectivity index (χ3v) is 1.29. The third-order valence-electron chi connectivity index (χ3n) is 1.29. The molecule has 1 aromatic carbocycles. The lowest BCUT2D eigenvalue weighted by molar-refractivity contribution is -0.0512. The second-order valence-corrected chi connectivity index (χ2v) is 6.08. The molecule has 0 atom stereocenters. The van der Waals surface area contributed by atoms with Crippen LogP contribution < -0.4 is 9.47 Å². The van der Waals surface area contributed by atoms with Crippen molar-refractivity contribution in [2.75, 3.05) is 7.11 Å². The summed E-state index contributed by atoms with van der Waals surface area (Å²) in [5.41, 5.74) is 0. The second kappa shape index (κ2) is 7.52. The average Bonchev–Trinajstić information content (AvgIpc) is 2.15. The zero-order chi connectivity index (χ0) is 13.5. The number of para-hydroxylation sites is 2. The van der Waals surface area contributed by atoms with Crippen LogP contribution in [0.2, 0.25) is 0 Å². The fourth-order valence-corrected chi connectivity index (χ4v) is 0.812. The van der Waals surface area contributed by atoms with Gasteiger partial charge >= 0.3 is 14.9 Å². The molecule has 0 N–H and O–H groups in total. The number of rotatable bonds is 3. The molecule has 0 amide bonds. The van der Waals surface area contributed by atoms with Crippen LogP contribution >= 0.6 is 21.4 Å². The Kier molecular flexibility index (Phi) is 7.17. The van der Waals surface area contributed by atoms with E-state index in [4.69, 9.17) is 13.2 Å². The predicted octanol–water partition coefficient (Wildman–Crippen LogP) is 3.01. The topological polar surface area (TPSA) is 52.6 Å². The Morgan fingerprint density at radius 2 is 1.59 bits per heavy atom. The van der Waals surface area contributed by atoms with E-state index in [-0.39, 0.29) is 5.75 Å². The lowest BCUT2D eigenvalue weighted by atomic mass is 10.3. The smallest absolute Gasteiger partial charge is 0.387 e. The van der Waals surface area contributed by atoms with E-state index in [1.807, 2.05) is 0 Å². The highest BCUT2D eigenvalue weighted by atomic mass is 36.0. The summed E-state index contributed by atoms with van der Waals surface area (Å²) in [4.78, 5) is 0. The van der Waals surface area contributed by atoms with E-state index in [1.54, 1.807) is 18.2 Å². The average molecular weight is 309 g/mol. The van der Waals surface area contributed by atoms with Crippen molar-refractivity contribution in [3.63, 3.8) is 0 Å². The number of hydrogen-bond donors (Lipinski definition) is 0. The first-order chi connectivity index (χ1) is 7.74. The van der Waals surface area contributed by atoms with Gasteiger partial charge in [0.1, 0.15) is 0 Å². The van der Waals surface area contributed by atoms with Crippen LogP contribution in [0.25, 0.3) is 0 Å². The fraction of sp³-hybridized carbons (Fsp3) is 0.250. The fourth-order valence-electron chi connectivity index (χ4n) is 0.812. The summed E-state index contributed by atoms with van der Waals surface area (Å²) in [6.07, 6.45) is 0. The molecule has 0 radical (unpaired) electrons. The molecule has 9 heteroatoms. The number of benzene rings is 1. The van der Waals surface area contributed by atoms with Crippen LogP contribution in [0.1, 0.15) is 0 Å². The summed E-state index contributed by atoms with van der Waals surface area (Å²) in [6, 6.07) is 6.25. The van der Waals surface area contributed by atoms with Gasteiger partial charge in [0, 0.05) is 21.4 Å². The molecule has 0 spiro atoms. The molecule has 0 aromatic heterocycles. The number of hydrogen-bond acceptors (Lipinski definition) is 4. The summed E-state index contributed by atoms with van der Waals surface area (Å²) >= 11 is 0. The molecule has 17 heavy (non-hydrogen) atoms. The standard InChI is InChI=1S/C8H8F2O2.Cl2O2S/c1-11-6-4-2-3-5-7(6)12-8(9)10;1-5(2,3)4/h2-5,8H,1H3;. The highest BCUT2D eigenvalue weighted by molar-refractivity contribution is 8.31. The van der Waals surface area contributed by atoms with Crippen molar-refractivity contribution in [2.45, 2.75) is 6.61 Å². The summed E-state index contributed by atoms with van der Waals surface area (Å²) < 4.78 is 50.8. The van der Waals surface area contributed by atoms with Crippen LogP contribution in [0, 0.1) is 0 Å². The normalized spacial score (nSPS) is 10.5. The molecular weight excluding hydrogens is 301 g/mol. The molecule has 98 valence electrons. The first-order valence-electron chi connectivity index (χ1n) is 3.96. The Balaban J connectivity index is 0.000000437. The van der Waals surface area contributed by atoms with Gasteiger partial charge in [-0.3, -0.25) is 0 Å². The molecule has 1 rings (SSSR count). The Labute approximate surface area is 106 Å². The van der Waals surface area contributed by atoms with Crippen LogP contribution in [0.5, 0.6) is 11.5 Å². The minimum absolute atomic E-state index is 0.0509. The van der Waals surface area contributed by atoms with Crippen LogP contribution in [-0.4, -0.2) is 22.1 Å². The largest absolute Gasteiger partial charge is 0.493 e.